The molecule has 0 saturated carbocycles. The Morgan fingerprint density at radius 2 is 1.27 bits per heavy atom. The summed E-state index contributed by atoms with van der Waals surface area (Å²) in [6.45, 7) is 8.23. The molecule has 3 heteroatoms. The summed E-state index contributed by atoms with van der Waals surface area (Å²) < 4.78 is 4.65. The third-order valence-electron chi connectivity index (χ3n) is 4.36. The van der Waals surface area contributed by atoms with Gasteiger partial charge < -0.3 is 9.64 Å². The minimum absolute atomic E-state index is 0.0731. The minimum Gasteiger partial charge on any atom is -0.469 e. The number of rotatable bonds is 16. The third kappa shape index (κ3) is 14.4. The lowest BCUT2D eigenvalue weighted by Gasteiger charge is -2.20. The van der Waals surface area contributed by atoms with Crippen molar-refractivity contribution in [1.82, 2.24) is 4.90 Å². The van der Waals surface area contributed by atoms with E-state index in [0.717, 1.165) is 12.8 Å². The average Bonchev–Trinajstić information content (AvgIpc) is 2.54. The molecule has 0 heterocycles. The molecule has 0 saturated heterocycles. The predicted octanol–water partition coefficient (Wildman–Crippen LogP) is 5.18. The van der Waals surface area contributed by atoms with Crippen LogP contribution in [0.4, 0.5) is 0 Å². The van der Waals surface area contributed by atoms with Crippen molar-refractivity contribution in [3.05, 3.63) is 0 Å². The van der Waals surface area contributed by atoms with Gasteiger partial charge in [0, 0.05) is 6.42 Å². The van der Waals surface area contributed by atoms with Crippen LogP contribution in [0.15, 0.2) is 0 Å². The van der Waals surface area contributed by atoms with Gasteiger partial charge in [0.25, 0.3) is 0 Å². The van der Waals surface area contributed by atoms with Gasteiger partial charge in [-0.25, -0.2) is 0 Å². The van der Waals surface area contributed by atoms with Gasteiger partial charge in [-0.15, -0.1) is 0 Å². The molecule has 0 N–H and O–H groups in total. The normalized spacial score (nSPS) is 11.1. The lowest BCUT2D eigenvalue weighted by Crippen LogP contribution is -2.25. The summed E-state index contributed by atoms with van der Waals surface area (Å²) in [4.78, 5) is 13.6. The minimum atomic E-state index is -0.0731. The second kappa shape index (κ2) is 16.8. The summed E-state index contributed by atoms with van der Waals surface area (Å²) in [5.41, 5.74) is 0. The van der Waals surface area contributed by atoms with Crippen molar-refractivity contribution in [2.75, 3.05) is 26.7 Å². The molecule has 3 nitrogen and oxygen atoms in total. The summed E-state index contributed by atoms with van der Waals surface area (Å²) >= 11 is 0. The van der Waals surface area contributed by atoms with E-state index < -0.39 is 0 Å². The van der Waals surface area contributed by atoms with Gasteiger partial charge >= 0.3 is 5.97 Å². The molecule has 0 rings (SSSR count). The number of nitrogens with zero attached hydrogens (tertiary/aromatic N) is 1. The summed E-state index contributed by atoms with van der Waals surface area (Å²) in [6.07, 6.45) is 14.8. The van der Waals surface area contributed by atoms with Gasteiger partial charge in [0.1, 0.15) is 0 Å². The average molecular weight is 314 g/mol. The van der Waals surface area contributed by atoms with E-state index in [1.807, 2.05) is 0 Å². The molecule has 0 fully saturated rings. The number of methoxy groups -OCH3 is 1. The zero-order valence-electron chi connectivity index (χ0n) is 15.4. The van der Waals surface area contributed by atoms with E-state index in [9.17, 15) is 4.79 Å². The van der Waals surface area contributed by atoms with Crippen molar-refractivity contribution < 1.29 is 9.53 Å². The Labute approximate surface area is 138 Å². The Balaban J connectivity index is 3.36. The molecule has 0 aromatic heterocycles. The van der Waals surface area contributed by atoms with Gasteiger partial charge in [-0.1, -0.05) is 65.2 Å². The van der Waals surface area contributed by atoms with Gasteiger partial charge in [0.05, 0.1) is 7.11 Å². The number of hydrogen-bond acceptors (Lipinski definition) is 3. The first kappa shape index (κ1) is 21.4. The summed E-state index contributed by atoms with van der Waals surface area (Å²) in [7, 11) is 1.46. The quantitative estimate of drug-likeness (QED) is 0.290. The second-order valence-corrected chi connectivity index (χ2v) is 6.30. The molecule has 0 spiro atoms. The Bertz CT molecular complexity index is 244. The van der Waals surface area contributed by atoms with Crippen LogP contribution in [0.2, 0.25) is 0 Å². The van der Waals surface area contributed by atoms with E-state index in [-0.39, 0.29) is 5.97 Å². The maximum atomic E-state index is 11.0. The van der Waals surface area contributed by atoms with Crippen molar-refractivity contribution >= 4 is 5.97 Å². The van der Waals surface area contributed by atoms with Crippen molar-refractivity contribution in [3.8, 4) is 0 Å². The maximum absolute atomic E-state index is 11.0. The Kier molecular flexibility index (Phi) is 16.4. The molecule has 0 atom stereocenters. The summed E-state index contributed by atoms with van der Waals surface area (Å²) in [5, 5.41) is 0. The van der Waals surface area contributed by atoms with E-state index in [1.54, 1.807) is 0 Å². The molecule has 0 bridgehead atoms. The van der Waals surface area contributed by atoms with Crippen LogP contribution in [0.1, 0.15) is 90.9 Å². The lowest BCUT2D eigenvalue weighted by atomic mass is 10.1. The highest BCUT2D eigenvalue weighted by Gasteiger charge is 2.02. The zero-order valence-corrected chi connectivity index (χ0v) is 15.4. The zero-order chi connectivity index (χ0) is 16.5. The molecular formula is C19H39NO2. The Hall–Kier alpha value is -0.570. The highest BCUT2D eigenvalue weighted by Crippen LogP contribution is 2.09. The molecular weight excluding hydrogens is 274 g/mol. The topological polar surface area (TPSA) is 29.5 Å². The highest BCUT2D eigenvalue weighted by molar-refractivity contribution is 5.68. The van der Waals surface area contributed by atoms with Crippen LogP contribution in [-0.4, -0.2) is 37.6 Å². The fraction of sp³-hybridized carbons (Fsp3) is 0.947. The molecule has 0 aliphatic heterocycles. The Morgan fingerprint density at radius 1 is 0.773 bits per heavy atom. The van der Waals surface area contributed by atoms with Crippen LogP contribution in [0.25, 0.3) is 0 Å². The first-order chi connectivity index (χ1) is 10.7. The number of ether oxygens (including phenoxy) is 1. The maximum Gasteiger partial charge on any atom is 0.305 e. The van der Waals surface area contributed by atoms with Gasteiger partial charge in [0.15, 0.2) is 0 Å². The van der Waals surface area contributed by atoms with E-state index in [1.165, 1.54) is 84.5 Å². The van der Waals surface area contributed by atoms with Crippen LogP contribution < -0.4 is 0 Å². The van der Waals surface area contributed by atoms with Crippen molar-refractivity contribution in [3.63, 3.8) is 0 Å². The van der Waals surface area contributed by atoms with Gasteiger partial charge in [-0.3, -0.25) is 4.79 Å². The van der Waals surface area contributed by atoms with E-state index >= 15 is 0 Å². The molecule has 0 aliphatic carbocycles. The second-order valence-electron chi connectivity index (χ2n) is 6.30. The molecule has 0 aromatic rings. The summed E-state index contributed by atoms with van der Waals surface area (Å²) in [6, 6.07) is 0. The number of carbonyl (C=O) groups is 1. The van der Waals surface area contributed by atoms with E-state index in [0.29, 0.717) is 6.42 Å². The molecule has 0 radical (unpaired) electrons. The van der Waals surface area contributed by atoms with Crippen LogP contribution in [-0.2, 0) is 9.53 Å². The van der Waals surface area contributed by atoms with Gasteiger partial charge in [0.2, 0.25) is 0 Å². The predicted molar refractivity (Wildman–Crippen MR) is 95.2 cm³/mol. The van der Waals surface area contributed by atoms with Crippen LogP contribution in [0.3, 0.4) is 0 Å². The van der Waals surface area contributed by atoms with E-state index in [4.69, 9.17) is 0 Å². The standard InChI is InChI=1S/C19H39NO2/c1-4-6-7-8-11-14-17-20(5-2)18-15-12-9-10-13-16-19(21)22-3/h4-18H2,1-3H3. The monoisotopic (exact) mass is 313 g/mol. The first-order valence-corrected chi connectivity index (χ1v) is 9.53. The van der Waals surface area contributed by atoms with Gasteiger partial charge in [-0.2, -0.15) is 0 Å². The molecule has 132 valence electrons. The number of carbonyl (C=O) groups excluding carboxylic acids is 1. The largest absolute Gasteiger partial charge is 0.469 e. The van der Waals surface area contributed by atoms with Crippen molar-refractivity contribution in [1.29, 1.82) is 0 Å². The molecule has 0 amide bonds. The fourth-order valence-corrected chi connectivity index (χ4v) is 2.78. The molecule has 0 unspecified atom stereocenters. The highest BCUT2D eigenvalue weighted by atomic mass is 16.5. The van der Waals surface area contributed by atoms with Gasteiger partial charge in [-0.05, 0) is 38.9 Å². The molecule has 0 aliphatic rings. The van der Waals surface area contributed by atoms with Crippen molar-refractivity contribution in [2.24, 2.45) is 0 Å². The summed E-state index contributed by atoms with van der Waals surface area (Å²) in [5.74, 6) is -0.0731. The fourth-order valence-electron chi connectivity index (χ4n) is 2.78. The first-order valence-electron chi connectivity index (χ1n) is 9.53. The van der Waals surface area contributed by atoms with Crippen LogP contribution in [0, 0.1) is 0 Å². The van der Waals surface area contributed by atoms with Crippen molar-refractivity contribution in [2.45, 2.75) is 90.9 Å². The van der Waals surface area contributed by atoms with E-state index in [2.05, 4.69) is 23.5 Å². The SMILES string of the molecule is CCCCCCCCN(CC)CCCCCCCC(=O)OC. The number of hydrogen-bond donors (Lipinski definition) is 0. The number of unbranched alkanes of at least 4 members (excludes halogenated alkanes) is 9. The van der Waals surface area contributed by atoms with Crippen LogP contribution >= 0.6 is 0 Å². The lowest BCUT2D eigenvalue weighted by molar-refractivity contribution is -0.140. The number of esters is 1. The molecule has 22 heavy (non-hydrogen) atoms. The smallest absolute Gasteiger partial charge is 0.305 e. The van der Waals surface area contributed by atoms with Crippen LogP contribution in [0.5, 0.6) is 0 Å². The third-order valence-corrected chi connectivity index (χ3v) is 4.36. The molecule has 0 aromatic carbocycles. The Morgan fingerprint density at radius 3 is 1.77 bits per heavy atom.